The largest absolute Gasteiger partial charge is 0.295 e. The average Bonchev–Trinajstić information content (AvgIpc) is 2.53. The van der Waals surface area contributed by atoms with Crippen LogP contribution in [0.1, 0.15) is 49.4 Å². The van der Waals surface area contributed by atoms with Crippen LogP contribution in [0, 0.1) is 5.92 Å². The second-order valence-electron chi connectivity index (χ2n) is 5.51. The molecule has 1 fully saturated rings. The summed E-state index contributed by atoms with van der Waals surface area (Å²) < 4.78 is 24.3. The van der Waals surface area contributed by atoms with Crippen LogP contribution in [0.25, 0.3) is 0 Å². The first-order valence-corrected chi connectivity index (χ1v) is 8.81. The molecule has 1 amide bonds. The van der Waals surface area contributed by atoms with Crippen molar-refractivity contribution in [2.75, 3.05) is 0 Å². The van der Waals surface area contributed by atoms with Gasteiger partial charge in [0.1, 0.15) is 0 Å². The van der Waals surface area contributed by atoms with E-state index in [0.29, 0.717) is 5.56 Å². The predicted molar refractivity (Wildman–Crippen MR) is 81.5 cm³/mol. The first kappa shape index (κ1) is 16.6. The molecule has 2 N–H and O–H groups in total. The zero-order valence-corrected chi connectivity index (χ0v) is 13.3. The Hall–Kier alpha value is -1.73. The summed E-state index contributed by atoms with van der Waals surface area (Å²) in [6, 6.07) is 5.70. The normalized spacial score (nSPS) is 16.2. The zero-order chi connectivity index (χ0) is 16.2. The lowest BCUT2D eigenvalue weighted by molar-refractivity contribution is -0.126. The molecule has 1 saturated carbocycles. The van der Waals surface area contributed by atoms with Crippen LogP contribution in [0.15, 0.2) is 29.2 Å². The lowest BCUT2D eigenvalue weighted by atomic mass is 9.89. The molecule has 0 heterocycles. The van der Waals surface area contributed by atoms with Crippen LogP contribution in [0.5, 0.6) is 0 Å². The van der Waals surface area contributed by atoms with Crippen LogP contribution in [0.2, 0.25) is 0 Å². The van der Waals surface area contributed by atoms with Gasteiger partial charge < -0.3 is 0 Å². The van der Waals surface area contributed by atoms with Crippen molar-refractivity contribution in [3.63, 3.8) is 0 Å². The Morgan fingerprint density at radius 1 is 1.14 bits per heavy atom. The van der Waals surface area contributed by atoms with E-state index in [4.69, 9.17) is 0 Å². The van der Waals surface area contributed by atoms with Crippen LogP contribution < -0.4 is 10.3 Å². The quantitative estimate of drug-likeness (QED) is 0.638. The number of ketones is 1. The smallest absolute Gasteiger partial charge is 0.257 e. The van der Waals surface area contributed by atoms with Crippen LogP contribution in [0.4, 0.5) is 0 Å². The van der Waals surface area contributed by atoms with Crippen molar-refractivity contribution in [1.29, 1.82) is 0 Å². The first-order valence-electron chi connectivity index (χ1n) is 7.33. The number of nitrogens with one attached hydrogen (secondary N) is 2. The van der Waals surface area contributed by atoms with E-state index in [0.717, 1.165) is 32.1 Å². The molecule has 0 bridgehead atoms. The number of hydrogen-bond acceptors (Lipinski definition) is 4. The summed E-state index contributed by atoms with van der Waals surface area (Å²) in [5, 5.41) is 0. The third-order valence-corrected chi connectivity index (χ3v) is 5.08. The Kier molecular flexibility index (Phi) is 5.31. The average molecular weight is 324 g/mol. The van der Waals surface area contributed by atoms with E-state index in [-0.39, 0.29) is 22.5 Å². The molecule has 0 saturated heterocycles. The first-order chi connectivity index (χ1) is 10.4. The minimum atomic E-state index is -3.88. The molecule has 2 rings (SSSR count). The van der Waals surface area contributed by atoms with Gasteiger partial charge in [-0.15, -0.1) is 4.83 Å². The van der Waals surface area contributed by atoms with Gasteiger partial charge in [0, 0.05) is 11.5 Å². The van der Waals surface area contributed by atoms with Gasteiger partial charge in [0.05, 0.1) is 4.90 Å². The van der Waals surface area contributed by atoms with Gasteiger partial charge in [-0.1, -0.05) is 31.4 Å². The van der Waals surface area contributed by atoms with Crippen molar-refractivity contribution in [3.05, 3.63) is 29.8 Å². The van der Waals surface area contributed by atoms with Gasteiger partial charge >= 0.3 is 0 Å². The molecule has 7 heteroatoms. The predicted octanol–water partition coefficient (Wildman–Crippen LogP) is 1.78. The van der Waals surface area contributed by atoms with Crippen molar-refractivity contribution in [3.8, 4) is 0 Å². The summed E-state index contributed by atoms with van der Waals surface area (Å²) in [4.78, 5) is 25.3. The standard InChI is InChI=1S/C15H20N2O4S/c1-11(18)13-8-5-9-14(10-13)22(20,21)17-16-15(19)12-6-3-2-4-7-12/h5,8-10,12,17H,2-4,6-7H2,1H3,(H,16,19). The topological polar surface area (TPSA) is 92.3 Å². The zero-order valence-electron chi connectivity index (χ0n) is 12.5. The maximum atomic E-state index is 12.2. The van der Waals surface area contributed by atoms with Crippen LogP contribution in [-0.4, -0.2) is 20.1 Å². The summed E-state index contributed by atoms with van der Waals surface area (Å²) in [6.07, 6.45) is 4.67. The van der Waals surface area contributed by atoms with E-state index < -0.39 is 10.0 Å². The molecule has 0 radical (unpaired) electrons. The second kappa shape index (κ2) is 7.02. The molecule has 0 atom stereocenters. The number of hydrazine groups is 1. The molecule has 0 unspecified atom stereocenters. The maximum Gasteiger partial charge on any atom is 0.257 e. The number of benzene rings is 1. The highest BCUT2D eigenvalue weighted by Crippen LogP contribution is 2.23. The highest BCUT2D eigenvalue weighted by atomic mass is 32.2. The highest BCUT2D eigenvalue weighted by molar-refractivity contribution is 7.89. The molecule has 1 aromatic carbocycles. The fourth-order valence-corrected chi connectivity index (χ4v) is 3.42. The molecule has 1 aliphatic rings. The van der Waals surface area contributed by atoms with Crippen molar-refractivity contribution in [1.82, 2.24) is 10.3 Å². The van der Waals surface area contributed by atoms with Gasteiger partial charge in [-0.3, -0.25) is 15.0 Å². The number of rotatable bonds is 5. The van der Waals surface area contributed by atoms with Gasteiger partial charge in [0.25, 0.3) is 10.0 Å². The number of carbonyl (C=O) groups is 2. The minimum absolute atomic E-state index is 0.0517. The van der Waals surface area contributed by atoms with Crippen molar-refractivity contribution < 1.29 is 18.0 Å². The molecule has 0 aromatic heterocycles. The maximum absolute atomic E-state index is 12.2. The Morgan fingerprint density at radius 2 is 1.82 bits per heavy atom. The third kappa shape index (κ3) is 4.14. The lowest BCUT2D eigenvalue weighted by Crippen LogP contribution is -2.44. The van der Waals surface area contributed by atoms with Crippen molar-refractivity contribution in [2.45, 2.75) is 43.9 Å². The van der Waals surface area contributed by atoms with Crippen molar-refractivity contribution >= 4 is 21.7 Å². The number of carbonyl (C=O) groups excluding carboxylic acids is 2. The Balaban J connectivity index is 2.03. The van der Waals surface area contributed by atoms with Crippen LogP contribution >= 0.6 is 0 Å². The van der Waals surface area contributed by atoms with Crippen LogP contribution in [0.3, 0.4) is 0 Å². The van der Waals surface area contributed by atoms with E-state index in [1.54, 1.807) is 6.07 Å². The molecule has 0 aliphatic heterocycles. The summed E-state index contributed by atoms with van der Waals surface area (Å²) in [5.74, 6) is -0.658. The number of sulfonamides is 1. The molecular formula is C15H20N2O4S. The Bertz CT molecular complexity index is 664. The molecule has 6 nitrogen and oxygen atoms in total. The summed E-state index contributed by atoms with van der Waals surface area (Å²) in [5.41, 5.74) is 2.58. The van der Waals surface area contributed by atoms with Gasteiger partial charge in [-0.05, 0) is 31.9 Å². The van der Waals surface area contributed by atoms with Gasteiger partial charge in [-0.2, -0.15) is 0 Å². The van der Waals surface area contributed by atoms with Crippen molar-refractivity contribution in [2.24, 2.45) is 5.92 Å². The minimum Gasteiger partial charge on any atom is -0.295 e. The summed E-state index contributed by atoms with van der Waals surface area (Å²) in [6.45, 7) is 1.37. The molecule has 120 valence electrons. The number of hydrogen-bond donors (Lipinski definition) is 2. The molecule has 1 aliphatic carbocycles. The number of amides is 1. The highest BCUT2D eigenvalue weighted by Gasteiger charge is 2.23. The van der Waals surface area contributed by atoms with E-state index in [2.05, 4.69) is 10.3 Å². The Labute approximate surface area is 130 Å². The summed E-state index contributed by atoms with van der Waals surface area (Å²) >= 11 is 0. The van der Waals surface area contributed by atoms with E-state index in [1.807, 2.05) is 0 Å². The Morgan fingerprint density at radius 3 is 2.45 bits per heavy atom. The monoisotopic (exact) mass is 324 g/mol. The third-order valence-electron chi connectivity index (χ3n) is 3.84. The summed E-state index contributed by atoms with van der Waals surface area (Å²) in [7, 11) is -3.88. The lowest BCUT2D eigenvalue weighted by Gasteiger charge is -2.20. The van der Waals surface area contributed by atoms with Gasteiger partial charge in [0.15, 0.2) is 5.78 Å². The van der Waals surface area contributed by atoms with Crippen LogP contribution in [-0.2, 0) is 14.8 Å². The van der Waals surface area contributed by atoms with E-state index >= 15 is 0 Å². The fraction of sp³-hybridized carbons (Fsp3) is 0.467. The molecule has 22 heavy (non-hydrogen) atoms. The molecule has 0 spiro atoms. The second-order valence-corrected chi connectivity index (χ2v) is 7.20. The van der Waals surface area contributed by atoms with Gasteiger partial charge in [-0.25, -0.2) is 8.42 Å². The number of Topliss-reactive ketones (excluding diaryl/α,β-unsaturated/α-hetero) is 1. The van der Waals surface area contributed by atoms with Gasteiger partial charge in [0.2, 0.25) is 5.91 Å². The fourth-order valence-electron chi connectivity index (χ4n) is 2.53. The molecule has 1 aromatic rings. The SMILES string of the molecule is CC(=O)c1cccc(S(=O)(=O)NNC(=O)C2CCCCC2)c1. The van der Waals surface area contributed by atoms with E-state index in [1.165, 1.54) is 25.1 Å². The van der Waals surface area contributed by atoms with E-state index in [9.17, 15) is 18.0 Å². The molecular weight excluding hydrogens is 304 g/mol.